The number of aliphatic imine (C=N–C) groups is 1. The van der Waals surface area contributed by atoms with E-state index in [4.69, 9.17) is 28.2 Å². The Balaban J connectivity index is 1.72. The number of phenolic OH excluding ortho intramolecular Hbond substituents is 1. The van der Waals surface area contributed by atoms with Gasteiger partial charge in [-0.1, -0.05) is 29.3 Å². The van der Waals surface area contributed by atoms with Crippen molar-refractivity contribution in [2.75, 3.05) is 4.90 Å². The van der Waals surface area contributed by atoms with E-state index in [2.05, 4.69) is 27.5 Å². The molecule has 3 aromatic carbocycles. The maximum absolute atomic E-state index is 9.63. The van der Waals surface area contributed by atoms with Crippen LogP contribution in [-0.4, -0.2) is 10.9 Å². The smallest absolute Gasteiger partial charge is 0.115 e. The summed E-state index contributed by atoms with van der Waals surface area (Å²) < 4.78 is 1.17. The Bertz CT molecular complexity index is 1000. The molecule has 1 unspecified atom stereocenters. The maximum atomic E-state index is 9.63. The van der Waals surface area contributed by atoms with Gasteiger partial charge in [-0.2, -0.15) is 0 Å². The van der Waals surface area contributed by atoms with E-state index in [1.807, 2.05) is 48.5 Å². The molecule has 27 heavy (non-hydrogen) atoms. The van der Waals surface area contributed by atoms with Gasteiger partial charge in [0, 0.05) is 25.7 Å². The average Bonchev–Trinajstić information content (AvgIpc) is 2.63. The number of anilines is 1. The Hall–Kier alpha value is -1.76. The van der Waals surface area contributed by atoms with Crippen LogP contribution in [0.1, 0.15) is 18.0 Å². The van der Waals surface area contributed by atoms with Gasteiger partial charge in [-0.15, -0.1) is 0 Å². The molecule has 0 spiro atoms. The molecule has 1 atom stereocenters. The Morgan fingerprint density at radius 1 is 0.963 bits per heavy atom. The Morgan fingerprint density at radius 2 is 1.67 bits per heavy atom. The molecule has 1 aliphatic heterocycles. The average molecular weight is 509 g/mol. The number of hydrogen-bond donors (Lipinski definition) is 1. The molecule has 6 heteroatoms. The van der Waals surface area contributed by atoms with Crippen molar-refractivity contribution >= 4 is 63.0 Å². The van der Waals surface area contributed by atoms with Crippen LogP contribution in [0.15, 0.2) is 71.7 Å². The Morgan fingerprint density at radius 3 is 2.33 bits per heavy atom. The first kappa shape index (κ1) is 18.6. The van der Waals surface area contributed by atoms with Gasteiger partial charge in [0.15, 0.2) is 0 Å². The Kier molecular flexibility index (Phi) is 5.30. The SMILES string of the molecule is Oc1ccc(N2C(=Nc3ccc(I)cc3)CC2c2ccc(Cl)cc2Cl)cc1. The maximum Gasteiger partial charge on any atom is 0.115 e. The van der Waals surface area contributed by atoms with E-state index in [0.29, 0.717) is 10.0 Å². The number of rotatable bonds is 3. The summed E-state index contributed by atoms with van der Waals surface area (Å²) in [6, 6.07) is 20.9. The van der Waals surface area contributed by atoms with Gasteiger partial charge in [-0.25, -0.2) is 4.99 Å². The summed E-state index contributed by atoms with van der Waals surface area (Å²) in [5, 5.41) is 10.9. The van der Waals surface area contributed by atoms with Crippen LogP contribution >= 0.6 is 45.8 Å². The van der Waals surface area contributed by atoms with Gasteiger partial charge in [-0.05, 0) is 88.8 Å². The number of halogens is 3. The van der Waals surface area contributed by atoms with Gasteiger partial charge in [0.1, 0.15) is 11.6 Å². The van der Waals surface area contributed by atoms with Gasteiger partial charge in [0.2, 0.25) is 0 Å². The number of benzene rings is 3. The normalized spacial score (nSPS) is 17.8. The summed E-state index contributed by atoms with van der Waals surface area (Å²) in [7, 11) is 0. The zero-order valence-electron chi connectivity index (χ0n) is 14.1. The number of aromatic hydroxyl groups is 1. The lowest BCUT2D eigenvalue weighted by Crippen LogP contribution is -2.46. The number of amidine groups is 1. The van der Waals surface area contributed by atoms with Gasteiger partial charge in [0.05, 0.1) is 11.7 Å². The summed E-state index contributed by atoms with van der Waals surface area (Å²) in [6.45, 7) is 0. The third-order valence-corrected chi connectivity index (χ3v) is 5.78. The van der Waals surface area contributed by atoms with Crippen molar-refractivity contribution in [3.63, 3.8) is 0 Å². The molecule has 1 saturated heterocycles. The minimum Gasteiger partial charge on any atom is -0.508 e. The lowest BCUT2D eigenvalue weighted by atomic mass is 9.92. The molecule has 0 bridgehead atoms. The van der Waals surface area contributed by atoms with E-state index in [0.717, 1.165) is 29.2 Å². The molecule has 1 heterocycles. The molecule has 3 aromatic rings. The predicted octanol–water partition coefficient (Wildman–Crippen LogP) is 6.99. The second-order valence-corrected chi connectivity index (χ2v) is 8.37. The van der Waals surface area contributed by atoms with E-state index in [1.54, 1.807) is 18.2 Å². The van der Waals surface area contributed by atoms with E-state index < -0.39 is 0 Å². The van der Waals surface area contributed by atoms with Crippen molar-refractivity contribution in [1.29, 1.82) is 0 Å². The summed E-state index contributed by atoms with van der Waals surface area (Å²) in [5.74, 6) is 1.19. The highest BCUT2D eigenvalue weighted by atomic mass is 127. The van der Waals surface area contributed by atoms with E-state index in [9.17, 15) is 5.11 Å². The lowest BCUT2D eigenvalue weighted by Gasteiger charge is -2.44. The summed E-state index contributed by atoms with van der Waals surface area (Å²) in [6.07, 6.45) is 0.772. The van der Waals surface area contributed by atoms with Crippen LogP contribution in [0.5, 0.6) is 5.75 Å². The fourth-order valence-electron chi connectivity index (χ4n) is 3.16. The second kappa shape index (κ2) is 7.70. The van der Waals surface area contributed by atoms with Gasteiger partial charge < -0.3 is 10.0 Å². The molecular weight excluding hydrogens is 494 g/mol. The van der Waals surface area contributed by atoms with Crippen LogP contribution in [0.2, 0.25) is 10.0 Å². The highest BCUT2D eigenvalue weighted by molar-refractivity contribution is 14.1. The molecule has 1 fully saturated rings. The summed E-state index contributed by atoms with van der Waals surface area (Å²) in [4.78, 5) is 6.96. The summed E-state index contributed by atoms with van der Waals surface area (Å²) in [5.41, 5.74) is 2.88. The zero-order valence-corrected chi connectivity index (χ0v) is 17.8. The minimum absolute atomic E-state index is 0.0712. The Labute approximate surface area is 181 Å². The molecule has 0 aromatic heterocycles. The molecule has 1 N–H and O–H groups in total. The monoisotopic (exact) mass is 508 g/mol. The quantitative estimate of drug-likeness (QED) is 0.387. The highest BCUT2D eigenvalue weighted by Gasteiger charge is 2.37. The third-order valence-electron chi connectivity index (χ3n) is 4.50. The summed E-state index contributed by atoms with van der Waals surface area (Å²) >= 11 is 14.8. The number of hydrogen-bond acceptors (Lipinski definition) is 2. The molecular formula is C21H15Cl2IN2O. The largest absolute Gasteiger partial charge is 0.508 e. The zero-order chi connectivity index (χ0) is 19.0. The van der Waals surface area contributed by atoms with E-state index in [-0.39, 0.29) is 11.8 Å². The van der Waals surface area contributed by atoms with Crippen molar-refractivity contribution in [1.82, 2.24) is 0 Å². The van der Waals surface area contributed by atoms with Crippen LogP contribution in [0.4, 0.5) is 11.4 Å². The molecule has 3 nitrogen and oxygen atoms in total. The van der Waals surface area contributed by atoms with Gasteiger partial charge in [0.25, 0.3) is 0 Å². The minimum atomic E-state index is 0.0712. The highest BCUT2D eigenvalue weighted by Crippen LogP contribution is 2.43. The molecule has 4 rings (SSSR count). The van der Waals surface area contributed by atoms with Crippen LogP contribution in [0.3, 0.4) is 0 Å². The number of nitrogens with zero attached hydrogens (tertiary/aromatic N) is 2. The van der Waals surface area contributed by atoms with Crippen LogP contribution < -0.4 is 4.90 Å². The first-order chi connectivity index (χ1) is 13.0. The lowest BCUT2D eigenvalue weighted by molar-refractivity contribution is 0.475. The third kappa shape index (κ3) is 3.93. The molecule has 0 saturated carbocycles. The first-order valence-corrected chi connectivity index (χ1v) is 10.2. The molecule has 136 valence electrons. The fraction of sp³-hybridized carbons (Fsp3) is 0.0952. The fourth-order valence-corrected chi connectivity index (χ4v) is 4.05. The number of phenols is 1. The van der Waals surface area contributed by atoms with Gasteiger partial charge in [-0.3, -0.25) is 0 Å². The van der Waals surface area contributed by atoms with Crippen molar-refractivity contribution in [2.45, 2.75) is 12.5 Å². The molecule has 1 aliphatic rings. The first-order valence-electron chi connectivity index (χ1n) is 8.37. The van der Waals surface area contributed by atoms with Crippen molar-refractivity contribution in [2.24, 2.45) is 4.99 Å². The molecule has 0 radical (unpaired) electrons. The topological polar surface area (TPSA) is 35.8 Å². The van der Waals surface area contributed by atoms with Crippen molar-refractivity contribution < 1.29 is 5.11 Å². The van der Waals surface area contributed by atoms with E-state index in [1.165, 1.54) is 3.57 Å². The standard InChI is InChI=1S/C21H15Cl2IN2O/c22-13-1-10-18(19(23)11-13)20-12-21(25-15-4-2-14(24)3-5-15)26(20)16-6-8-17(27)9-7-16/h1-11,20,27H,12H2. The van der Waals surface area contributed by atoms with E-state index >= 15 is 0 Å². The molecule has 0 amide bonds. The van der Waals surface area contributed by atoms with Crippen LogP contribution in [-0.2, 0) is 0 Å². The molecule has 0 aliphatic carbocycles. The van der Waals surface area contributed by atoms with Crippen LogP contribution in [0, 0.1) is 3.57 Å². The van der Waals surface area contributed by atoms with Crippen molar-refractivity contribution in [3.8, 4) is 5.75 Å². The predicted molar refractivity (Wildman–Crippen MR) is 121 cm³/mol. The van der Waals surface area contributed by atoms with Gasteiger partial charge >= 0.3 is 0 Å². The second-order valence-electron chi connectivity index (χ2n) is 6.28. The van der Waals surface area contributed by atoms with Crippen LogP contribution in [0.25, 0.3) is 0 Å². The van der Waals surface area contributed by atoms with Crippen molar-refractivity contribution in [3.05, 3.63) is 85.9 Å².